The Morgan fingerprint density at radius 1 is 1.39 bits per heavy atom. The summed E-state index contributed by atoms with van der Waals surface area (Å²) < 4.78 is 6.66. The molecule has 1 N–H and O–H groups in total. The summed E-state index contributed by atoms with van der Waals surface area (Å²) in [5, 5.41) is 9.88. The normalized spacial score (nSPS) is 10.4. The quantitative estimate of drug-likeness (QED) is 0.923. The largest absolute Gasteiger partial charge is 0.491 e. The van der Waals surface area contributed by atoms with Gasteiger partial charge in [0.25, 0.3) is 0 Å². The molecule has 5 heteroatoms. The molecule has 0 amide bonds. The molecule has 1 aromatic carbocycles. The maximum absolute atomic E-state index is 11.6. The van der Waals surface area contributed by atoms with Crippen LogP contribution in [0.25, 0.3) is 5.69 Å². The van der Waals surface area contributed by atoms with E-state index in [-0.39, 0.29) is 17.8 Å². The van der Waals surface area contributed by atoms with Gasteiger partial charge in [0.2, 0.25) is 5.43 Å². The van der Waals surface area contributed by atoms with Crippen LogP contribution >= 0.6 is 11.6 Å². The molecule has 0 fully saturated rings. The summed E-state index contributed by atoms with van der Waals surface area (Å²) in [6.45, 7) is -0.244. The average Bonchev–Trinajstić information content (AvgIpc) is 2.38. The van der Waals surface area contributed by atoms with Gasteiger partial charge in [-0.25, -0.2) is 0 Å². The Hall–Kier alpha value is -1.78. The number of pyridine rings is 1. The van der Waals surface area contributed by atoms with Gasteiger partial charge < -0.3 is 14.4 Å². The number of aliphatic hydroxyl groups excluding tert-OH is 1. The first kappa shape index (κ1) is 12.7. The van der Waals surface area contributed by atoms with Crippen LogP contribution in [0.4, 0.5) is 0 Å². The molecule has 94 valence electrons. The van der Waals surface area contributed by atoms with Crippen molar-refractivity contribution in [1.82, 2.24) is 4.57 Å². The molecule has 2 aromatic rings. The molecule has 0 unspecified atom stereocenters. The Bertz CT molecular complexity index is 622. The monoisotopic (exact) mass is 265 g/mol. The van der Waals surface area contributed by atoms with E-state index in [1.54, 1.807) is 29.0 Å². The van der Waals surface area contributed by atoms with Crippen LogP contribution in [0.15, 0.2) is 41.3 Å². The number of hydrogen-bond acceptors (Lipinski definition) is 3. The van der Waals surface area contributed by atoms with Crippen molar-refractivity contribution in [3.63, 3.8) is 0 Å². The summed E-state index contributed by atoms with van der Waals surface area (Å²) in [5.74, 6) is 0.215. The third-order valence-corrected chi connectivity index (χ3v) is 2.80. The highest BCUT2D eigenvalue weighted by Gasteiger charge is 2.08. The SMILES string of the molecule is COc1cn(-c2cccc(Cl)c2)c(CO)cc1=O. The van der Waals surface area contributed by atoms with Gasteiger partial charge in [0.05, 0.1) is 25.6 Å². The molecule has 0 atom stereocenters. The lowest BCUT2D eigenvalue weighted by atomic mass is 10.2. The van der Waals surface area contributed by atoms with Crippen LogP contribution in [0.3, 0.4) is 0 Å². The van der Waals surface area contributed by atoms with E-state index >= 15 is 0 Å². The van der Waals surface area contributed by atoms with Crippen LogP contribution in [0.5, 0.6) is 5.75 Å². The van der Waals surface area contributed by atoms with Gasteiger partial charge in [0.1, 0.15) is 0 Å². The number of aromatic nitrogens is 1. The molecule has 0 radical (unpaired) electrons. The first-order valence-corrected chi connectivity index (χ1v) is 5.70. The number of aliphatic hydroxyl groups is 1. The number of halogens is 1. The van der Waals surface area contributed by atoms with Gasteiger partial charge in [-0.15, -0.1) is 0 Å². The van der Waals surface area contributed by atoms with E-state index in [0.29, 0.717) is 10.7 Å². The van der Waals surface area contributed by atoms with Crippen molar-refractivity contribution in [3.05, 3.63) is 57.5 Å². The van der Waals surface area contributed by atoms with E-state index in [9.17, 15) is 9.90 Å². The van der Waals surface area contributed by atoms with Gasteiger partial charge in [0.15, 0.2) is 5.75 Å². The lowest BCUT2D eigenvalue weighted by Crippen LogP contribution is -2.13. The number of ether oxygens (including phenoxy) is 1. The molecule has 1 heterocycles. The molecule has 2 rings (SSSR count). The molecule has 0 saturated heterocycles. The smallest absolute Gasteiger partial charge is 0.223 e. The fourth-order valence-electron chi connectivity index (χ4n) is 1.70. The number of hydrogen-bond donors (Lipinski definition) is 1. The molecule has 0 saturated carbocycles. The summed E-state index contributed by atoms with van der Waals surface area (Å²) in [5.41, 5.74) is 0.966. The Morgan fingerprint density at radius 2 is 2.17 bits per heavy atom. The van der Waals surface area contributed by atoms with Crippen molar-refractivity contribution in [2.45, 2.75) is 6.61 Å². The van der Waals surface area contributed by atoms with E-state index in [1.807, 2.05) is 6.07 Å². The minimum Gasteiger partial charge on any atom is -0.491 e. The molecular weight excluding hydrogens is 254 g/mol. The maximum atomic E-state index is 11.6. The molecule has 0 bridgehead atoms. The maximum Gasteiger partial charge on any atom is 0.223 e. The minimum atomic E-state index is -0.264. The second kappa shape index (κ2) is 5.25. The van der Waals surface area contributed by atoms with E-state index in [0.717, 1.165) is 5.69 Å². The third-order valence-electron chi connectivity index (χ3n) is 2.56. The van der Waals surface area contributed by atoms with Crippen molar-refractivity contribution >= 4 is 11.6 Å². The van der Waals surface area contributed by atoms with Crippen molar-refractivity contribution in [3.8, 4) is 11.4 Å². The summed E-state index contributed by atoms with van der Waals surface area (Å²) in [6.07, 6.45) is 1.54. The summed E-state index contributed by atoms with van der Waals surface area (Å²) >= 11 is 5.93. The van der Waals surface area contributed by atoms with Crippen molar-refractivity contribution in [2.24, 2.45) is 0 Å². The highest BCUT2D eigenvalue weighted by molar-refractivity contribution is 6.30. The fraction of sp³-hybridized carbons (Fsp3) is 0.154. The van der Waals surface area contributed by atoms with Crippen molar-refractivity contribution < 1.29 is 9.84 Å². The predicted molar refractivity (Wildman–Crippen MR) is 69.5 cm³/mol. The van der Waals surface area contributed by atoms with Crippen LogP contribution in [-0.2, 0) is 6.61 Å². The molecule has 0 aliphatic rings. The lowest BCUT2D eigenvalue weighted by Gasteiger charge is -2.13. The summed E-state index contributed by atoms with van der Waals surface area (Å²) in [7, 11) is 1.43. The highest BCUT2D eigenvalue weighted by atomic mass is 35.5. The van der Waals surface area contributed by atoms with Gasteiger partial charge in [-0.2, -0.15) is 0 Å². The number of nitrogens with zero attached hydrogens (tertiary/aromatic N) is 1. The molecule has 0 aliphatic carbocycles. The molecule has 1 aromatic heterocycles. The van der Waals surface area contributed by atoms with Gasteiger partial charge >= 0.3 is 0 Å². The van der Waals surface area contributed by atoms with Crippen LogP contribution in [-0.4, -0.2) is 16.8 Å². The molecular formula is C13H12ClNO3. The Labute approximate surface area is 109 Å². The van der Waals surface area contributed by atoms with Crippen molar-refractivity contribution in [2.75, 3.05) is 7.11 Å². The van der Waals surface area contributed by atoms with E-state index in [2.05, 4.69) is 0 Å². The van der Waals surface area contributed by atoms with Crippen LogP contribution in [0.2, 0.25) is 5.02 Å². The first-order valence-electron chi connectivity index (χ1n) is 5.32. The minimum absolute atomic E-state index is 0.215. The number of methoxy groups -OCH3 is 1. The predicted octanol–water partition coefficient (Wildman–Crippen LogP) is 1.99. The fourth-order valence-corrected chi connectivity index (χ4v) is 1.88. The Morgan fingerprint density at radius 3 is 2.78 bits per heavy atom. The topological polar surface area (TPSA) is 51.5 Å². The van der Waals surface area contributed by atoms with E-state index in [1.165, 1.54) is 13.2 Å². The zero-order valence-electron chi connectivity index (χ0n) is 9.76. The summed E-state index contributed by atoms with van der Waals surface area (Å²) in [6, 6.07) is 8.46. The van der Waals surface area contributed by atoms with Crippen LogP contribution < -0.4 is 10.2 Å². The molecule has 18 heavy (non-hydrogen) atoms. The van der Waals surface area contributed by atoms with Crippen LogP contribution in [0.1, 0.15) is 5.69 Å². The van der Waals surface area contributed by atoms with Gasteiger partial charge in [0, 0.05) is 16.8 Å². The number of rotatable bonds is 3. The van der Waals surface area contributed by atoms with Crippen LogP contribution in [0, 0.1) is 0 Å². The first-order chi connectivity index (χ1) is 8.65. The zero-order valence-corrected chi connectivity index (χ0v) is 10.5. The molecule has 0 spiro atoms. The van der Waals surface area contributed by atoms with Gasteiger partial charge in [-0.3, -0.25) is 4.79 Å². The lowest BCUT2D eigenvalue weighted by molar-refractivity contribution is 0.273. The third kappa shape index (κ3) is 2.39. The zero-order chi connectivity index (χ0) is 13.1. The highest BCUT2D eigenvalue weighted by Crippen LogP contribution is 2.18. The van der Waals surface area contributed by atoms with Gasteiger partial charge in [-0.05, 0) is 18.2 Å². The number of benzene rings is 1. The van der Waals surface area contributed by atoms with E-state index in [4.69, 9.17) is 16.3 Å². The summed E-state index contributed by atoms with van der Waals surface area (Å²) in [4.78, 5) is 11.6. The second-order valence-corrected chi connectivity index (χ2v) is 4.14. The van der Waals surface area contributed by atoms with Gasteiger partial charge in [-0.1, -0.05) is 17.7 Å². The van der Waals surface area contributed by atoms with Crippen molar-refractivity contribution in [1.29, 1.82) is 0 Å². The average molecular weight is 266 g/mol. The second-order valence-electron chi connectivity index (χ2n) is 3.71. The Kier molecular flexibility index (Phi) is 3.69. The molecule has 0 aliphatic heterocycles. The molecule has 4 nitrogen and oxygen atoms in total. The standard InChI is InChI=1S/C13H12ClNO3/c1-18-13-7-15(11(8-16)6-12(13)17)10-4-2-3-9(14)5-10/h2-7,16H,8H2,1H3. The Balaban J connectivity index is 2.65. The van der Waals surface area contributed by atoms with E-state index < -0.39 is 0 Å².